The molecule has 5 nitrogen and oxygen atoms in total. The van der Waals surface area contributed by atoms with Crippen LogP contribution in [0.2, 0.25) is 0 Å². The second-order valence-electron chi connectivity index (χ2n) is 6.36. The van der Waals surface area contributed by atoms with Gasteiger partial charge in [0.2, 0.25) is 0 Å². The molecule has 1 aromatic heterocycles. The van der Waals surface area contributed by atoms with Crippen molar-refractivity contribution < 1.29 is 5.11 Å². The Hall–Kier alpha value is -1.36. The fourth-order valence-electron chi connectivity index (χ4n) is 2.62. The molecule has 21 heavy (non-hydrogen) atoms. The van der Waals surface area contributed by atoms with E-state index < -0.39 is 5.60 Å². The molecule has 0 saturated heterocycles. The highest BCUT2D eigenvalue weighted by Gasteiger charge is 2.30. The summed E-state index contributed by atoms with van der Waals surface area (Å²) in [4.78, 5) is 9.10. The zero-order valence-corrected chi connectivity index (χ0v) is 13.4. The third-order valence-electron chi connectivity index (χ3n) is 3.95. The second kappa shape index (κ2) is 7.07. The average molecular weight is 292 g/mol. The Morgan fingerprint density at radius 3 is 2.38 bits per heavy atom. The van der Waals surface area contributed by atoms with Gasteiger partial charge in [-0.2, -0.15) is 0 Å². The van der Waals surface area contributed by atoms with Gasteiger partial charge in [0.05, 0.1) is 5.60 Å². The van der Waals surface area contributed by atoms with Gasteiger partial charge in [0.1, 0.15) is 17.5 Å². The lowest BCUT2D eigenvalue weighted by Gasteiger charge is -2.23. The minimum atomic E-state index is -0.569. The summed E-state index contributed by atoms with van der Waals surface area (Å²) < 4.78 is 0. The van der Waals surface area contributed by atoms with Gasteiger partial charge in [-0.15, -0.1) is 0 Å². The molecule has 2 rings (SSSR count). The first-order valence-electron chi connectivity index (χ1n) is 8.11. The van der Waals surface area contributed by atoms with Gasteiger partial charge in [0.15, 0.2) is 0 Å². The van der Waals surface area contributed by atoms with Crippen molar-refractivity contribution in [2.45, 2.75) is 64.4 Å². The maximum absolute atomic E-state index is 10.4. The minimum Gasteiger partial charge on any atom is -0.388 e. The Bertz CT molecular complexity index is 456. The summed E-state index contributed by atoms with van der Waals surface area (Å²) in [7, 11) is 0. The van der Waals surface area contributed by atoms with E-state index in [0.29, 0.717) is 6.54 Å². The van der Waals surface area contributed by atoms with E-state index in [9.17, 15) is 5.11 Å². The summed E-state index contributed by atoms with van der Waals surface area (Å²) in [6.45, 7) is 7.78. The smallest absolute Gasteiger partial charge is 0.135 e. The molecule has 1 aromatic rings. The zero-order chi connectivity index (χ0) is 15.3. The molecule has 1 aliphatic carbocycles. The maximum Gasteiger partial charge on any atom is 0.135 e. The standard InChI is InChI=1S/C16H28N4O/c1-4-9-17-13-10-14(20-15(19-13)12(2)3)18-11-16(21)7-5-6-8-16/h10,12,21H,4-9,11H2,1-3H3,(H2,17,18,19,20). The van der Waals surface area contributed by atoms with Crippen LogP contribution in [-0.4, -0.2) is 33.8 Å². The number of nitrogens with one attached hydrogen (secondary N) is 2. The van der Waals surface area contributed by atoms with Gasteiger partial charge >= 0.3 is 0 Å². The zero-order valence-electron chi connectivity index (χ0n) is 13.4. The topological polar surface area (TPSA) is 70.1 Å². The van der Waals surface area contributed by atoms with Gasteiger partial charge in [-0.3, -0.25) is 0 Å². The lowest BCUT2D eigenvalue weighted by Crippen LogP contribution is -2.33. The Morgan fingerprint density at radius 1 is 1.19 bits per heavy atom. The van der Waals surface area contributed by atoms with Crippen molar-refractivity contribution in [3.05, 3.63) is 11.9 Å². The number of aromatic nitrogens is 2. The van der Waals surface area contributed by atoms with Gasteiger partial charge in [0, 0.05) is 25.1 Å². The molecule has 1 fully saturated rings. The van der Waals surface area contributed by atoms with Crippen LogP contribution in [0.4, 0.5) is 11.6 Å². The lowest BCUT2D eigenvalue weighted by molar-refractivity contribution is 0.0614. The predicted octanol–water partition coefficient (Wildman–Crippen LogP) is 3.14. The lowest BCUT2D eigenvalue weighted by atomic mass is 10.0. The van der Waals surface area contributed by atoms with Crippen molar-refractivity contribution >= 4 is 11.6 Å². The molecule has 0 atom stereocenters. The molecule has 0 aromatic carbocycles. The number of nitrogens with zero attached hydrogens (tertiary/aromatic N) is 2. The highest BCUT2D eigenvalue weighted by Crippen LogP contribution is 2.29. The maximum atomic E-state index is 10.4. The van der Waals surface area contributed by atoms with Crippen LogP contribution >= 0.6 is 0 Å². The molecule has 0 radical (unpaired) electrons. The normalized spacial score (nSPS) is 17.2. The number of hydrogen-bond donors (Lipinski definition) is 3. The molecule has 118 valence electrons. The highest BCUT2D eigenvalue weighted by atomic mass is 16.3. The van der Waals surface area contributed by atoms with Crippen LogP contribution in [0, 0.1) is 0 Å². The van der Waals surface area contributed by atoms with E-state index in [1.807, 2.05) is 6.07 Å². The molecule has 0 aliphatic heterocycles. The van der Waals surface area contributed by atoms with E-state index in [-0.39, 0.29) is 5.92 Å². The van der Waals surface area contributed by atoms with Crippen LogP contribution in [0.15, 0.2) is 6.07 Å². The Morgan fingerprint density at radius 2 is 1.81 bits per heavy atom. The molecule has 1 aliphatic rings. The summed E-state index contributed by atoms with van der Waals surface area (Å²) in [5.41, 5.74) is -0.569. The van der Waals surface area contributed by atoms with Crippen molar-refractivity contribution in [1.29, 1.82) is 0 Å². The van der Waals surface area contributed by atoms with Crippen molar-refractivity contribution in [1.82, 2.24) is 9.97 Å². The molecular weight excluding hydrogens is 264 g/mol. The van der Waals surface area contributed by atoms with Gasteiger partial charge < -0.3 is 15.7 Å². The van der Waals surface area contributed by atoms with E-state index >= 15 is 0 Å². The van der Waals surface area contributed by atoms with Crippen molar-refractivity contribution in [3.63, 3.8) is 0 Å². The minimum absolute atomic E-state index is 0.281. The Balaban J connectivity index is 2.07. The number of rotatable bonds is 7. The van der Waals surface area contributed by atoms with Gasteiger partial charge in [-0.25, -0.2) is 9.97 Å². The third-order valence-corrected chi connectivity index (χ3v) is 3.95. The first kappa shape index (κ1) is 16.0. The van der Waals surface area contributed by atoms with E-state index in [0.717, 1.165) is 56.1 Å². The van der Waals surface area contributed by atoms with Gasteiger partial charge in [-0.05, 0) is 19.3 Å². The summed E-state index contributed by atoms with van der Waals surface area (Å²) in [6, 6.07) is 1.93. The van der Waals surface area contributed by atoms with E-state index in [4.69, 9.17) is 0 Å². The first-order valence-corrected chi connectivity index (χ1v) is 8.11. The molecule has 1 heterocycles. The quantitative estimate of drug-likeness (QED) is 0.720. The summed E-state index contributed by atoms with van der Waals surface area (Å²) >= 11 is 0. The van der Waals surface area contributed by atoms with Crippen LogP contribution in [0.3, 0.4) is 0 Å². The average Bonchev–Trinajstić information content (AvgIpc) is 2.90. The van der Waals surface area contributed by atoms with Gasteiger partial charge in [-0.1, -0.05) is 33.6 Å². The number of anilines is 2. The molecule has 1 saturated carbocycles. The van der Waals surface area contributed by atoms with Crippen molar-refractivity contribution in [3.8, 4) is 0 Å². The molecule has 0 unspecified atom stereocenters. The van der Waals surface area contributed by atoms with E-state index in [2.05, 4.69) is 41.4 Å². The summed E-state index contributed by atoms with van der Waals surface area (Å²) in [5, 5.41) is 17.0. The SMILES string of the molecule is CCCNc1cc(NCC2(O)CCCC2)nc(C(C)C)n1. The Labute approximate surface area is 127 Å². The van der Waals surface area contributed by atoms with E-state index in [1.165, 1.54) is 0 Å². The van der Waals surface area contributed by atoms with Gasteiger partial charge in [0.25, 0.3) is 0 Å². The van der Waals surface area contributed by atoms with Crippen LogP contribution in [0.5, 0.6) is 0 Å². The highest BCUT2D eigenvalue weighted by molar-refractivity contribution is 5.48. The van der Waals surface area contributed by atoms with Crippen LogP contribution < -0.4 is 10.6 Å². The molecular formula is C16H28N4O. The molecule has 5 heteroatoms. The monoisotopic (exact) mass is 292 g/mol. The fourth-order valence-corrected chi connectivity index (χ4v) is 2.62. The Kier molecular flexibility index (Phi) is 5.39. The largest absolute Gasteiger partial charge is 0.388 e. The molecule has 0 spiro atoms. The summed E-state index contributed by atoms with van der Waals surface area (Å²) in [5.74, 6) is 2.77. The van der Waals surface area contributed by atoms with Crippen molar-refractivity contribution in [2.24, 2.45) is 0 Å². The van der Waals surface area contributed by atoms with Crippen molar-refractivity contribution in [2.75, 3.05) is 23.7 Å². The fraction of sp³-hybridized carbons (Fsp3) is 0.750. The molecule has 0 bridgehead atoms. The predicted molar refractivity (Wildman–Crippen MR) is 86.8 cm³/mol. The van der Waals surface area contributed by atoms with Crippen LogP contribution in [0.25, 0.3) is 0 Å². The second-order valence-corrected chi connectivity index (χ2v) is 6.36. The molecule has 0 amide bonds. The first-order chi connectivity index (χ1) is 10.0. The summed E-state index contributed by atoms with van der Waals surface area (Å²) in [6.07, 6.45) is 5.04. The molecule has 3 N–H and O–H groups in total. The number of aliphatic hydroxyl groups is 1. The van der Waals surface area contributed by atoms with Crippen LogP contribution in [0.1, 0.15) is 64.6 Å². The number of hydrogen-bond acceptors (Lipinski definition) is 5. The van der Waals surface area contributed by atoms with Crippen LogP contribution in [-0.2, 0) is 0 Å². The van der Waals surface area contributed by atoms with E-state index in [1.54, 1.807) is 0 Å². The third kappa shape index (κ3) is 4.56.